The molecule has 2 aromatic rings. The predicted molar refractivity (Wildman–Crippen MR) is 54.3 cm³/mol. The van der Waals surface area contributed by atoms with Crippen LogP contribution in [0.25, 0.3) is 10.9 Å². The summed E-state index contributed by atoms with van der Waals surface area (Å²) in [6.07, 6.45) is 2.07. The zero-order valence-electron chi connectivity index (χ0n) is 7.91. The minimum atomic E-state index is 1.29. The number of aryl methyl sites for hydroxylation is 1. The predicted octanol–water partition coefficient (Wildman–Crippen LogP) is 3.20. The molecule has 0 aliphatic heterocycles. The molecule has 1 aromatic heterocycles. The quantitative estimate of drug-likeness (QED) is 0.559. The van der Waals surface area contributed by atoms with E-state index in [1.165, 1.54) is 10.9 Å². The monoisotopic (exact) mass is 161 g/mol. The molecule has 0 saturated carbocycles. The van der Waals surface area contributed by atoms with E-state index in [-0.39, 0.29) is 0 Å². The Hall–Kier alpha value is -1.24. The summed E-state index contributed by atoms with van der Waals surface area (Å²) in [6, 6.07) is 10.5. The second-order valence-corrected chi connectivity index (χ2v) is 2.49. The maximum Gasteiger partial charge on any atom is 0.0477 e. The van der Waals surface area contributed by atoms with Crippen molar-refractivity contribution in [2.45, 2.75) is 13.8 Å². The van der Waals surface area contributed by atoms with Crippen molar-refractivity contribution in [3.8, 4) is 0 Å². The van der Waals surface area contributed by atoms with Gasteiger partial charge in [0.15, 0.2) is 0 Å². The number of hydrogen-bond donors (Lipinski definition) is 0. The van der Waals surface area contributed by atoms with E-state index >= 15 is 0 Å². The first-order chi connectivity index (χ1) is 5.88. The topological polar surface area (TPSA) is 4.93 Å². The average molecular weight is 161 g/mol. The Morgan fingerprint density at radius 2 is 1.67 bits per heavy atom. The Labute approximate surface area is 73.6 Å². The van der Waals surface area contributed by atoms with Crippen LogP contribution in [0.3, 0.4) is 0 Å². The molecule has 0 aliphatic carbocycles. The molecule has 2 rings (SSSR count). The lowest BCUT2D eigenvalue weighted by atomic mass is 10.2. The van der Waals surface area contributed by atoms with Crippen LogP contribution in [-0.4, -0.2) is 4.57 Å². The summed E-state index contributed by atoms with van der Waals surface area (Å²) in [5.41, 5.74) is 1.29. The molecule has 0 fully saturated rings. The number of fused-ring (bicyclic) bond motifs is 1. The van der Waals surface area contributed by atoms with Gasteiger partial charge < -0.3 is 4.57 Å². The molecule has 1 aromatic carbocycles. The van der Waals surface area contributed by atoms with E-state index in [0.29, 0.717) is 0 Å². The average Bonchev–Trinajstić information content (AvgIpc) is 2.53. The van der Waals surface area contributed by atoms with Crippen LogP contribution in [0.2, 0.25) is 0 Å². The number of rotatable bonds is 0. The van der Waals surface area contributed by atoms with E-state index in [2.05, 4.69) is 48.1 Å². The lowest BCUT2D eigenvalue weighted by molar-refractivity contribution is 0.969. The first-order valence-corrected chi connectivity index (χ1v) is 4.38. The molecule has 0 N–H and O–H groups in total. The minimum absolute atomic E-state index is 1.29. The molecule has 12 heavy (non-hydrogen) atoms. The van der Waals surface area contributed by atoms with Crippen LogP contribution in [0.15, 0.2) is 36.5 Å². The fourth-order valence-electron chi connectivity index (χ4n) is 1.22. The Balaban J connectivity index is 0.000000336. The highest BCUT2D eigenvalue weighted by atomic mass is 14.9. The van der Waals surface area contributed by atoms with Crippen molar-refractivity contribution < 1.29 is 0 Å². The van der Waals surface area contributed by atoms with E-state index in [4.69, 9.17) is 0 Å². The largest absolute Gasteiger partial charge is 0.351 e. The van der Waals surface area contributed by atoms with E-state index < -0.39 is 0 Å². The van der Waals surface area contributed by atoms with Crippen molar-refractivity contribution >= 4 is 10.9 Å². The SMILES string of the molecule is CC.Cn1ccc2ccccc21. The van der Waals surface area contributed by atoms with Gasteiger partial charge in [-0.15, -0.1) is 0 Å². The highest BCUT2D eigenvalue weighted by Gasteiger charge is 1.92. The first kappa shape index (κ1) is 8.85. The first-order valence-electron chi connectivity index (χ1n) is 4.38. The van der Waals surface area contributed by atoms with Gasteiger partial charge >= 0.3 is 0 Å². The van der Waals surface area contributed by atoms with Gasteiger partial charge in [-0.3, -0.25) is 0 Å². The van der Waals surface area contributed by atoms with Crippen LogP contribution in [0.4, 0.5) is 0 Å². The third-order valence-electron chi connectivity index (χ3n) is 1.79. The standard InChI is InChI=1S/C9H9N.C2H6/c1-10-7-6-8-4-2-3-5-9(8)10;1-2/h2-7H,1H3;1-2H3. The smallest absolute Gasteiger partial charge is 0.0477 e. The molecule has 1 nitrogen and oxygen atoms in total. The molecule has 0 aliphatic rings. The second-order valence-electron chi connectivity index (χ2n) is 2.49. The van der Waals surface area contributed by atoms with Gasteiger partial charge in [-0.05, 0) is 17.5 Å². The zero-order valence-corrected chi connectivity index (χ0v) is 7.91. The zero-order chi connectivity index (χ0) is 8.97. The Kier molecular flexibility index (Phi) is 2.92. The van der Waals surface area contributed by atoms with Gasteiger partial charge in [0.2, 0.25) is 0 Å². The molecule has 0 saturated heterocycles. The fourth-order valence-corrected chi connectivity index (χ4v) is 1.22. The molecule has 0 bridgehead atoms. The Bertz CT molecular complexity index is 347. The van der Waals surface area contributed by atoms with Crippen molar-refractivity contribution in [3.05, 3.63) is 36.5 Å². The normalized spacial score (nSPS) is 9.25. The van der Waals surface area contributed by atoms with E-state index in [0.717, 1.165) is 0 Å². The molecular formula is C11H15N. The van der Waals surface area contributed by atoms with Crippen molar-refractivity contribution in [1.82, 2.24) is 4.57 Å². The lowest BCUT2D eigenvalue weighted by Crippen LogP contribution is -1.81. The van der Waals surface area contributed by atoms with Crippen LogP contribution in [-0.2, 0) is 7.05 Å². The van der Waals surface area contributed by atoms with Crippen molar-refractivity contribution in [2.24, 2.45) is 7.05 Å². The van der Waals surface area contributed by atoms with E-state index in [1.54, 1.807) is 0 Å². The van der Waals surface area contributed by atoms with E-state index in [1.807, 2.05) is 13.8 Å². The summed E-state index contributed by atoms with van der Waals surface area (Å²) in [5.74, 6) is 0. The fraction of sp³-hybridized carbons (Fsp3) is 0.273. The second kappa shape index (κ2) is 3.96. The number of aromatic nitrogens is 1. The summed E-state index contributed by atoms with van der Waals surface area (Å²) in [6.45, 7) is 4.00. The Morgan fingerprint density at radius 1 is 1.00 bits per heavy atom. The van der Waals surface area contributed by atoms with Gasteiger partial charge in [0.25, 0.3) is 0 Å². The summed E-state index contributed by atoms with van der Waals surface area (Å²) >= 11 is 0. The van der Waals surface area contributed by atoms with E-state index in [9.17, 15) is 0 Å². The van der Waals surface area contributed by atoms with Gasteiger partial charge in [-0.1, -0.05) is 32.0 Å². The van der Waals surface area contributed by atoms with Gasteiger partial charge in [-0.2, -0.15) is 0 Å². The number of nitrogens with zero attached hydrogens (tertiary/aromatic N) is 1. The number of hydrogen-bond acceptors (Lipinski definition) is 0. The number of para-hydroxylation sites is 1. The highest BCUT2D eigenvalue weighted by molar-refractivity contribution is 5.79. The Morgan fingerprint density at radius 3 is 2.33 bits per heavy atom. The molecule has 0 unspecified atom stereocenters. The molecule has 1 heterocycles. The molecule has 0 amide bonds. The molecule has 64 valence electrons. The van der Waals surface area contributed by atoms with Crippen molar-refractivity contribution in [2.75, 3.05) is 0 Å². The maximum absolute atomic E-state index is 2.12. The molecular weight excluding hydrogens is 146 g/mol. The number of benzene rings is 1. The van der Waals surface area contributed by atoms with Crippen LogP contribution in [0.5, 0.6) is 0 Å². The lowest BCUT2D eigenvalue weighted by Gasteiger charge is -1.92. The molecule has 0 atom stereocenters. The van der Waals surface area contributed by atoms with Crippen LogP contribution >= 0.6 is 0 Å². The summed E-state index contributed by atoms with van der Waals surface area (Å²) in [4.78, 5) is 0. The summed E-state index contributed by atoms with van der Waals surface area (Å²) in [5, 5.41) is 1.31. The maximum atomic E-state index is 2.12. The molecule has 1 heteroatoms. The third kappa shape index (κ3) is 1.50. The highest BCUT2D eigenvalue weighted by Crippen LogP contribution is 2.12. The van der Waals surface area contributed by atoms with Gasteiger partial charge in [0.05, 0.1) is 0 Å². The van der Waals surface area contributed by atoms with Crippen molar-refractivity contribution in [3.63, 3.8) is 0 Å². The van der Waals surface area contributed by atoms with Crippen LogP contribution in [0.1, 0.15) is 13.8 Å². The van der Waals surface area contributed by atoms with Crippen molar-refractivity contribution in [1.29, 1.82) is 0 Å². The minimum Gasteiger partial charge on any atom is -0.351 e. The van der Waals surface area contributed by atoms with Gasteiger partial charge in [0.1, 0.15) is 0 Å². The van der Waals surface area contributed by atoms with Crippen LogP contribution in [0, 0.1) is 0 Å². The van der Waals surface area contributed by atoms with Gasteiger partial charge in [-0.25, -0.2) is 0 Å². The third-order valence-corrected chi connectivity index (χ3v) is 1.79. The summed E-state index contributed by atoms with van der Waals surface area (Å²) in [7, 11) is 2.06. The van der Waals surface area contributed by atoms with Crippen LogP contribution < -0.4 is 0 Å². The van der Waals surface area contributed by atoms with Gasteiger partial charge in [0, 0.05) is 18.8 Å². The molecule has 0 radical (unpaired) electrons. The molecule has 0 spiro atoms. The summed E-state index contributed by atoms with van der Waals surface area (Å²) < 4.78 is 2.12.